The predicted molar refractivity (Wildman–Crippen MR) is 62.0 cm³/mol. The Morgan fingerprint density at radius 1 is 1.59 bits per heavy atom. The van der Waals surface area contributed by atoms with Crippen LogP contribution < -0.4 is 11.1 Å². The number of carbonyl (C=O) groups is 1. The van der Waals surface area contributed by atoms with Crippen LogP contribution in [-0.4, -0.2) is 29.6 Å². The summed E-state index contributed by atoms with van der Waals surface area (Å²) in [6.45, 7) is 1.30. The summed E-state index contributed by atoms with van der Waals surface area (Å²) in [4.78, 5) is 13.6. The lowest BCUT2D eigenvalue weighted by molar-refractivity contribution is 0.216. The van der Waals surface area contributed by atoms with E-state index in [-0.39, 0.29) is 17.4 Å². The standard InChI is InChI=1S/C12H14FN3O/c13-9-2-1-3-10(4-9)15-11(17)16-6-8-5-12(8,14)7-16/h1-4,8H,5-7,14H2,(H,15,17)/t8-,12+/m0/s1. The molecule has 1 aromatic carbocycles. The number of rotatable bonds is 1. The number of likely N-dealkylation sites (tertiary alicyclic amines) is 1. The number of urea groups is 1. The Hall–Kier alpha value is -1.62. The Kier molecular flexibility index (Phi) is 2.13. The molecule has 2 atom stereocenters. The summed E-state index contributed by atoms with van der Waals surface area (Å²) < 4.78 is 12.9. The van der Waals surface area contributed by atoms with E-state index < -0.39 is 0 Å². The second-order valence-corrected chi connectivity index (χ2v) is 4.96. The summed E-state index contributed by atoms with van der Waals surface area (Å²) in [5.41, 5.74) is 6.34. The lowest BCUT2D eigenvalue weighted by atomic mass is 10.3. The first-order valence-electron chi connectivity index (χ1n) is 5.67. The van der Waals surface area contributed by atoms with E-state index in [9.17, 15) is 9.18 Å². The smallest absolute Gasteiger partial charge is 0.321 e. The summed E-state index contributed by atoms with van der Waals surface area (Å²) in [6, 6.07) is 5.67. The number of anilines is 1. The van der Waals surface area contributed by atoms with Gasteiger partial charge in [-0.1, -0.05) is 6.07 Å². The van der Waals surface area contributed by atoms with Crippen LogP contribution in [0.2, 0.25) is 0 Å². The molecule has 0 unspecified atom stereocenters. The Labute approximate surface area is 98.6 Å². The summed E-state index contributed by atoms with van der Waals surface area (Å²) >= 11 is 0. The molecule has 1 heterocycles. The summed E-state index contributed by atoms with van der Waals surface area (Å²) in [7, 11) is 0. The molecule has 17 heavy (non-hydrogen) atoms. The van der Waals surface area contributed by atoms with Crippen LogP contribution in [0.5, 0.6) is 0 Å². The van der Waals surface area contributed by atoms with Gasteiger partial charge in [0.25, 0.3) is 0 Å². The number of fused-ring (bicyclic) bond motifs is 1. The van der Waals surface area contributed by atoms with E-state index >= 15 is 0 Å². The summed E-state index contributed by atoms with van der Waals surface area (Å²) in [5.74, 6) is 0.0862. The third-order valence-electron chi connectivity index (χ3n) is 3.57. The van der Waals surface area contributed by atoms with Crippen LogP contribution in [0.3, 0.4) is 0 Å². The topological polar surface area (TPSA) is 58.4 Å². The Bertz CT molecular complexity index is 479. The molecule has 2 amide bonds. The fourth-order valence-corrected chi connectivity index (χ4v) is 2.45. The Morgan fingerprint density at radius 3 is 3.06 bits per heavy atom. The highest BCUT2D eigenvalue weighted by Gasteiger charge is 2.58. The van der Waals surface area contributed by atoms with Gasteiger partial charge in [-0.25, -0.2) is 9.18 Å². The second-order valence-electron chi connectivity index (χ2n) is 4.96. The molecule has 0 radical (unpaired) electrons. The zero-order valence-electron chi connectivity index (χ0n) is 9.32. The summed E-state index contributed by atoms with van der Waals surface area (Å²) in [6.07, 6.45) is 1.01. The van der Waals surface area contributed by atoms with Crippen LogP contribution in [0.1, 0.15) is 6.42 Å². The van der Waals surface area contributed by atoms with Crippen molar-refractivity contribution < 1.29 is 9.18 Å². The van der Waals surface area contributed by atoms with Gasteiger partial charge >= 0.3 is 6.03 Å². The molecule has 3 rings (SSSR count). The molecule has 0 bridgehead atoms. The van der Waals surface area contributed by atoms with Gasteiger partial charge in [0.15, 0.2) is 0 Å². The molecule has 0 spiro atoms. The SMILES string of the molecule is N[C@@]12C[C@H]1CN(C(=O)Nc1cccc(F)c1)C2. The number of carbonyl (C=O) groups excluding carboxylic acids is 1. The molecular weight excluding hydrogens is 221 g/mol. The van der Waals surface area contributed by atoms with E-state index in [0.29, 0.717) is 24.7 Å². The Balaban J connectivity index is 1.64. The molecule has 2 fully saturated rings. The van der Waals surface area contributed by atoms with Crippen LogP contribution in [0, 0.1) is 11.7 Å². The van der Waals surface area contributed by atoms with Gasteiger partial charge in [0.2, 0.25) is 0 Å². The maximum absolute atomic E-state index is 12.9. The molecule has 2 aliphatic rings. The molecule has 3 N–H and O–H groups in total. The van der Waals surface area contributed by atoms with Crippen molar-refractivity contribution in [3.63, 3.8) is 0 Å². The monoisotopic (exact) mass is 235 g/mol. The lowest BCUT2D eigenvalue weighted by Crippen LogP contribution is -2.39. The summed E-state index contributed by atoms with van der Waals surface area (Å²) in [5, 5.41) is 2.67. The van der Waals surface area contributed by atoms with Crippen LogP contribution in [-0.2, 0) is 0 Å². The van der Waals surface area contributed by atoms with Crippen LogP contribution in [0.25, 0.3) is 0 Å². The predicted octanol–water partition coefficient (Wildman–Crippen LogP) is 1.39. The van der Waals surface area contributed by atoms with Crippen LogP contribution in [0.15, 0.2) is 24.3 Å². The molecule has 1 saturated heterocycles. The molecule has 4 nitrogen and oxygen atoms in total. The molecular formula is C12H14FN3O. The van der Waals surface area contributed by atoms with Crippen LogP contribution >= 0.6 is 0 Å². The van der Waals surface area contributed by atoms with Gasteiger partial charge in [-0.2, -0.15) is 0 Å². The molecule has 1 aliphatic carbocycles. The number of hydrogen-bond acceptors (Lipinski definition) is 2. The van der Waals surface area contributed by atoms with Gasteiger partial charge in [-0.15, -0.1) is 0 Å². The quantitative estimate of drug-likeness (QED) is 0.772. The number of hydrogen-bond donors (Lipinski definition) is 2. The highest BCUT2D eigenvalue weighted by atomic mass is 19.1. The first-order valence-corrected chi connectivity index (χ1v) is 5.67. The maximum atomic E-state index is 12.9. The van der Waals surface area contributed by atoms with Gasteiger partial charge in [0.1, 0.15) is 5.82 Å². The van der Waals surface area contributed by atoms with Gasteiger partial charge in [-0.05, 0) is 30.5 Å². The average molecular weight is 235 g/mol. The van der Waals surface area contributed by atoms with E-state index in [4.69, 9.17) is 5.73 Å². The zero-order valence-corrected chi connectivity index (χ0v) is 9.32. The third kappa shape index (κ3) is 1.86. The van der Waals surface area contributed by atoms with Crippen molar-refractivity contribution in [3.8, 4) is 0 Å². The molecule has 90 valence electrons. The number of nitrogens with zero attached hydrogens (tertiary/aromatic N) is 1. The highest BCUT2D eigenvalue weighted by molar-refractivity contribution is 5.89. The van der Waals surface area contributed by atoms with Crippen LogP contribution in [0.4, 0.5) is 14.9 Å². The number of benzene rings is 1. The minimum absolute atomic E-state index is 0.153. The lowest BCUT2D eigenvalue weighted by Gasteiger charge is -2.19. The molecule has 5 heteroatoms. The average Bonchev–Trinajstić information content (AvgIpc) is 2.77. The van der Waals surface area contributed by atoms with E-state index in [1.807, 2.05) is 0 Å². The molecule has 1 saturated carbocycles. The molecule has 1 aromatic rings. The number of piperidine rings is 1. The number of nitrogens with one attached hydrogen (secondary N) is 1. The van der Waals surface area contributed by atoms with Crippen molar-refractivity contribution in [2.75, 3.05) is 18.4 Å². The van der Waals surface area contributed by atoms with Gasteiger partial charge < -0.3 is 16.0 Å². The minimum Gasteiger partial charge on any atom is -0.323 e. The largest absolute Gasteiger partial charge is 0.323 e. The van der Waals surface area contributed by atoms with Crippen molar-refractivity contribution in [1.29, 1.82) is 0 Å². The van der Waals surface area contributed by atoms with E-state index in [1.165, 1.54) is 12.1 Å². The number of halogens is 1. The Morgan fingerprint density at radius 2 is 2.41 bits per heavy atom. The van der Waals surface area contributed by atoms with Crippen molar-refractivity contribution >= 4 is 11.7 Å². The highest BCUT2D eigenvalue weighted by Crippen LogP contribution is 2.47. The van der Waals surface area contributed by atoms with Gasteiger partial charge in [0.05, 0.1) is 0 Å². The van der Waals surface area contributed by atoms with Crippen molar-refractivity contribution in [3.05, 3.63) is 30.1 Å². The van der Waals surface area contributed by atoms with Crippen molar-refractivity contribution in [2.24, 2.45) is 11.7 Å². The van der Waals surface area contributed by atoms with E-state index in [2.05, 4.69) is 5.32 Å². The van der Waals surface area contributed by atoms with Crippen molar-refractivity contribution in [2.45, 2.75) is 12.0 Å². The molecule has 0 aromatic heterocycles. The molecule has 1 aliphatic heterocycles. The first kappa shape index (κ1) is 10.5. The van der Waals surface area contributed by atoms with Gasteiger partial charge in [-0.3, -0.25) is 0 Å². The fourth-order valence-electron chi connectivity index (χ4n) is 2.45. The zero-order chi connectivity index (χ0) is 12.0. The second kappa shape index (κ2) is 3.43. The maximum Gasteiger partial charge on any atom is 0.321 e. The number of nitrogens with two attached hydrogens (primary N) is 1. The van der Waals surface area contributed by atoms with Crippen molar-refractivity contribution in [1.82, 2.24) is 4.90 Å². The third-order valence-corrected chi connectivity index (χ3v) is 3.57. The van der Waals surface area contributed by atoms with E-state index in [0.717, 1.165) is 6.42 Å². The normalized spacial score (nSPS) is 30.0. The minimum atomic E-state index is -0.359. The first-order chi connectivity index (χ1) is 8.07. The fraction of sp³-hybridized carbons (Fsp3) is 0.417. The van der Waals surface area contributed by atoms with E-state index in [1.54, 1.807) is 17.0 Å². The number of amides is 2. The van der Waals surface area contributed by atoms with Gasteiger partial charge in [0, 0.05) is 24.3 Å².